The Labute approximate surface area is 349 Å². The quantitative estimate of drug-likeness (QED) is 0.134. The van der Waals surface area contributed by atoms with Gasteiger partial charge in [0, 0.05) is 0 Å². The summed E-state index contributed by atoms with van der Waals surface area (Å²) >= 11 is -3.87. The Balaban J connectivity index is 0.00000220. The Hall–Kier alpha value is -3.00. The predicted octanol–water partition coefficient (Wildman–Crippen LogP) is 15.2. The Morgan fingerprint density at radius 3 is 1.25 bits per heavy atom. The van der Waals surface area contributed by atoms with Crippen molar-refractivity contribution in [3.05, 3.63) is 155 Å². The second-order valence-electron chi connectivity index (χ2n) is 18.6. The van der Waals surface area contributed by atoms with Gasteiger partial charge in [0.2, 0.25) is 0 Å². The van der Waals surface area contributed by atoms with Crippen LogP contribution in [-0.4, -0.2) is 6.88 Å². The van der Waals surface area contributed by atoms with Gasteiger partial charge in [-0.25, -0.2) is 0 Å². The van der Waals surface area contributed by atoms with Crippen LogP contribution < -0.4 is 0 Å². The zero-order valence-electron chi connectivity index (χ0n) is 33.1. The van der Waals surface area contributed by atoms with E-state index in [9.17, 15) is 0 Å². The van der Waals surface area contributed by atoms with Gasteiger partial charge in [-0.3, -0.25) is 0 Å². The first-order valence-electron chi connectivity index (χ1n) is 21.0. The van der Waals surface area contributed by atoms with Gasteiger partial charge in [0.1, 0.15) is 0 Å². The van der Waals surface area contributed by atoms with Gasteiger partial charge in [-0.2, -0.15) is 0 Å². The number of halogens is 2. The van der Waals surface area contributed by atoms with E-state index in [0.29, 0.717) is 7.25 Å². The molecule has 0 spiro atoms. The van der Waals surface area contributed by atoms with E-state index in [4.69, 9.17) is 0 Å². The van der Waals surface area contributed by atoms with Gasteiger partial charge in [0.15, 0.2) is 0 Å². The number of benzene rings is 6. The van der Waals surface area contributed by atoms with Crippen LogP contribution in [0.3, 0.4) is 0 Å². The van der Waals surface area contributed by atoms with Crippen LogP contribution in [0.5, 0.6) is 0 Å². The summed E-state index contributed by atoms with van der Waals surface area (Å²) in [6.07, 6.45) is 19.2. The molecule has 4 aliphatic rings. The molecule has 0 saturated heterocycles. The van der Waals surface area contributed by atoms with Crippen molar-refractivity contribution >= 4 is 65.4 Å². The second-order valence-corrected chi connectivity index (χ2v) is 49.1. The van der Waals surface area contributed by atoms with E-state index in [0.717, 1.165) is 11.8 Å². The molecular weight excluding hydrogens is 815 g/mol. The first kappa shape index (κ1) is 39.8. The monoisotopic (exact) mass is 868 g/mol. The fourth-order valence-corrected chi connectivity index (χ4v) is 31.9. The van der Waals surface area contributed by atoms with Gasteiger partial charge >= 0.3 is 328 Å². The molecule has 0 nitrogen and oxygen atoms in total. The first-order chi connectivity index (χ1) is 26.3. The van der Waals surface area contributed by atoms with Gasteiger partial charge < -0.3 is 0 Å². The number of fused-ring (bicyclic) bond motifs is 4. The molecular formula is C52H56Cl2SiZr. The molecule has 0 aromatic heterocycles. The third-order valence-electron chi connectivity index (χ3n) is 14.4. The van der Waals surface area contributed by atoms with Gasteiger partial charge in [-0.1, -0.05) is 0 Å². The number of hydrogen-bond acceptors (Lipinski definition) is 0. The molecule has 2 saturated carbocycles. The Morgan fingerprint density at radius 2 is 0.821 bits per heavy atom. The van der Waals surface area contributed by atoms with Crippen molar-refractivity contribution in [3.63, 3.8) is 0 Å². The minimum absolute atomic E-state index is 0. The third kappa shape index (κ3) is 6.79. The molecule has 6 aromatic rings. The molecule has 56 heavy (non-hydrogen) atoms. The van der Waals surface area contributed by atoms with Crippen molar-refractivity contribution in [1.82, 2.24) is 0 Å². The zero-order chi connectivity index (χ0) is 36.5. The van der Waals surface area contributed by atoms with Crippen molar-refractivity contribution in [2.24, 2.45) is 11.8 Å². The summed E-state index contributed by atoms with van der Waals surface area (Å²) < 4.78 is 6.86. The van der Waals surface area contributed by atoms with Crippen LogP contribution in [-0.2, 0) is 17.4 Å². The van der Waals surface area contributed by atoms with E-state index >= 15 is 0 Å². The average molecular weight is 871 g/mol. The second kappa shape index (κ2) is 15.6. The molecule has 0 radical (unpaired) electrons. The summed E-state index contributed by atoms with van der Waals surface area (Å²) in [6.45, 7) is 2.56. The number of rotatable bonds is 8. The third-order valence-corrected chi connectivity index (χ3v) is 31.9. The van der Waals surface area contributed by atoms with Gasteiger partial charge in [-0.05, 0) is 0 Å². The average Bonchev–Trinajstić information content (AvgIpc) is 4.01. The summed E-state index contributed by atoms with van der Waals surface area (Å²) in [6, 6.07) is 46.6. The fourth-order valence-electron chi connectivity index (χ4n) is 12.2. The Kier molecular flexibility index (Phi) is 11.1. The van der Waals surface area contributed by atoms with Crippen LogP contribution in [0.1, 0.15) is 93.7 Å². The molecule has 0 amide bonds. The van der Waals surface area contributed by atoms with E-state index in [-0.39, 0.29) is 24.8 Å². The van der Waals surface area contributed by atoms with Crippen molar-refractivity contribution in [3.8, 4) is 22.3 Å². The van der Waals surface area contributed by atoms with E-state index in [2.05, 4.69) is 150 Å². The molecule has 0 bridgehead atoms. The molecule has 2 unspecified atom stereocenters. The maximum atomic E-state index is 2.89. The summed E-state index contributed by atoms with van der Waals surface area (Å²) in [4.78, 5) is 0. The Bertz CT molecular complexity index is 2390. The van der Waals surface area contributed by atoms with Crippen LogP contribution in [0.15, 0.2) is 132 Å². The van der Waals surface area contributed by atoms with Crippen LogP contribution >= 0.6 is 24.8 Å². The van der Waals surface area contributed by atoms with Crippen molar-refractivity contribution in [1.29, 1.82) is 0 Å². The van der Waals surface area contributed by atoms with E-state index in [1.165, 1.54) is 119 Å². The number of allylic oxidation sites excluding steroid dienone is 2. The van der Waals surface area contributed by atoms with Crippen LogP contribution in [0.25, 0.3) is 56.0 Å². The summed E-state index contributed by atoms with van der Waals surface area (Å²) in [5.74, 6) is 1.65. The van der Waals surface area contributed by atoms with Crippen molar-refractivity contribution in [2.45, 2.75) is 80.7 Å². The van der Waals surface area contributed by atoms with Gasteiger partial charge in [-0.15, -0.1) is 24.8 Å². The molecule has 0 aliphatic heterocycles. The molecule has 0 heterocycles. The van der Waals surface area contributed by atoms with Crippen molar-refractivity contribution < 1.29 is 17.4 Å². The fraction of sp³-hybridized carbons (Fsp3) is 0.308. The normalized spacial score (nSPS) is 19.7. The van der Waals surface area contributed by atoms with E-state index in [1.54, 1.807) is 22.3 Å². The summed E-state index contributed by atoms with van der Waals surface area (Å²) in [5.41, 5.74) is 15.5. The predicted molar refractivity (Wildman–Crippen MR) is 248 cm³/mol. The maximum absolute atomic E-state index is 3.87. The molecule has 4 heteroatoms. The van der Waals surface area contributed by atoms with E-state index in [1.807, 2.05) is 0 Å². The molecule has 2 atom stereocenters. The minimum atomic E-state index is -3.87. The molecule has 0 N–H and O–H groups in total. The van der Waals surface area contributed by atoms with E-state index < -0.39 is 17.4 Å². The topological polar surface area (TPSA) is 0 Å². The molecule has 286 valence electrons. The van der Waals surface area contributed by atoms with Crippen LogP contribution in [0.4, 0.5) is 0 Å². The van der Waals surface area contributed by atoms with Crippen molar-refractivity contribution in [2.75, 3.05) is 0 Å². The van der Waals surface area contributed by atoms with Gasteiger partial charge in [0.05, 0.1) is 0 Å². The van der Waals surface area contributed by atoms with Gasteiger partial charge in [0.25, 0.3) is 0 Å². The molecule has 6 aromatic carbocycles. The SMILES string of the molecule is Cl.Cl.[CH3][Zr]([CH3])(=[SiH2])([CH]1C(CC2CCCC2)=Cc2c(-c3cccc4ccccc34)cccc21)[CH]1C(CC2CCCC2)=Cc2c(-c3cccc4ccccc34)cccc21. The summed E-state index contributed by atoms with van der Waals surface area (Å²) in [5, 5.41) is 5.39. The summed E-state index contributed by atoms with van der Waals surface area (Å²) in [7, 11) is 0. The number of hydrogen-bond donors (Lipinski definition) is 0. The molecule has 2 fully saturated rings. The van der Waals surface area contributed by atoms with Crippen LogP contribution in [0.2, 0.25) is 9.26 Å². The standard InChI is InChI=1S/2C25H23.2CH3.2ClH.H2Si.Zr/c2*1-2-8-18(7-1)15-19-16-21-11-6-14-24(25(21)17-19)23-13-5-10-20-9-3-4-12-22(20)23;;;;;;/h2*3-6,9-14,16-18H,1-2,7-8,15H2;2*1H3;2*1H;1H2;. The zero-order valence-corrected chi connectivity index (χ0v) is 38.6. The molecule has 10 rings (SSSR count). The van der Waals surface area contributed by atoms with Crippen LogP contribution in [0, 0.1) is 11.8 Å². The Morgan fingerprint density at radius 1 is 0.464 bits per heavy atom. The molecule has 4 aliphatic carbocycles. The first-order valence-corrected chi connectivity index (χ1v) is 34.7.